The van der Waals surface area contributed by atoms with Gasteiger partial charge in [-0.1, -0.05) is 12.1 Å². The number of pyridine rings is 1. The molecule has 3 heterocycles. The maximum Gasteiger partial charge on any atom is 0.265 e. The Morgan fingerprint density at radius 2 is 1.66 bits per heavy atom. The number of imidazole rings is 1. The zero-order valence-electron chi connectivity index (χ0n) is 15.3. The van der Waals surface area contributed by atoms with Gasteiger partial charge in [0.1, 0.15) is 5.82 Å². The molecular weight excluding hydrogens is 380 g/mol. The fraction of sp³-hybridized carbons (Fsp3) is 0. The lowest BCUT2D eigenvalue weighted by Crippen LogP contribution is -2.09. The first kappa shape index (κ1) is 17.3. The molecule has 0 fully saturated rings. The van der Waals surface area contributed by atoms with E-state index >= 15 is 0 Å². The van der Waals surface area contributed by atoms with Crippen molar-refractivity contribution < 1.29 is 4.79 Å². The fourth-order valence-electron chi connectivity index (χ4n) is 3.12. The molecule has 2 N–H and O–H groups in total. The quantitative estimate of drug-likeness (QED) is 0.415. The Hall–Kier alpha value is -3.77. The van der Waals surface area contributed by atoms with Crippen LogP contribution in [-0.4, -0.2) is 20.9 Å². The summed E-state index contributed by atoms with van der Waals surface area (Å²) in [6.07, 6.45) is 3.50. The van der Waals surface area contributed by atoms with Gasteiger partial charge in [-0.3, -0.25) is 9.78 Å². The van der Waals surface area contributed by atoms with Crippen molar-refractivity contribution in [3.05, 3.63) is 90.1 Å². The van der Waals surface area contributed by atoms with Gasteiger partial charge >= 0.3 is 0 Å². The molecule has 5 aromatic rings. The number of carbonyl (C=O) groups is 1. The molecule has 1 amide bonds. The van der Waals surface area contributed by atoms with Gasteiger partial charge < -0.3 is 10.3 Å². The predicted octanol–water partition coefficient (Wildman–Crippen LogP) is 5.61. The maximum absolute atomic E-state index is 12.6. The SMILES string of the molecule is O=C(Nc1ccc(-c2nc3ccccc3[nH]2)cc1)c1ccc(-c2ccncc2)s1. The van der Waals surface area contributed by atoms with Crippen LogP contribution in [-0.2, 0) is 0 Å². The van der Waals surface area contributed by atoms with Crippen molar-refractivity contribution >= 4 is 34.0 Å². The second-order valence-electron chi connectivity index (χ2n) is 6.53. The van der Waals surface area contributed by atoms with Crippen LogP contribution in [0.3, 0.4) is 0 Å². The number of rotatable bonds is 4. The monoisotopic (exact) mass is 396 g/mol. The smallest absolute Gasteiger partial charge is 0.265 e. The molecule has 0 aliphatic heterocycles. The normalized spacial score (nSPS) is 10.9. The van der Waals surface area contributed by atoms with Crippen molar-refractivity contribution in [1.82, 2.24) is 15.0 Å². The third kappa shape index (κ3) is 3.53. The average molecular weight is 396 g/mol. The number of nitrogens with zero attached hydrogens (tertiary/aromatic N) is 2. The van der Waals surface area contributed by atoms with Crippen LogP contribution >= 0.6 is 11.3 Å². The standard InChI is InChI=1S/C23H16N4OS/c28-23(21-10-9-20(29-21)15-11-13-24-14-12-15)25-17-7-5-16(6-8-17)22-26-18-3-1-2-4-19(18)27-22/h1-14H,(H,25,28)(H,26,27). The summed E-state index contributed by atoms with van der Waals surface area (Å²) in [5, 5.41) is 2.96. The van der Waals surface area contributed by atoms with E-state index in [0.717, 1.165) is 38.5 Å². The molecule has 0 bridgehead atoms. The lowest BCUT2D eigenvalue weighted by molar-refractivity contribution is 0.103. The minimum absolute atomic E-state index is 0.119. The van der Waals surface area contributed by atoms with E-state index in [1.807, 2.05) is 72.8 Å². The number of nitrogens with one attached hydrogen (secondary N) is 2. The molecule has 5 nitrogen and oxygen atoms in total. The van der Waals surface area contributed by atoms with E-state index in [2.05, 4.69) is 20.3 Å². The number of anilines is 1. The summed E-state index contributed by atoms with van der Waals surface area (Å²) in [5.41, 5.74) is 4.70. The van der Waals surface area contributed by atoms with Gasteiger partial charge in [-0.25, -0.2) is 4.98 Å². The van der Waals surface area contributed by atoms with Crippen molar-refractivity contribution in [2.45, 2.75) is 0 Å². The van der Waals surface area contributed by atoms with Gasteiger partial charge in [0.25, 0.3) is 5.91 Å². The Morgan fingerprint density at radius 1 is 0.862 bits per heavy atom. The highest BCUT2D eigenvalue weighted by molar-refractivity contribution is 7.17. The number of hydrogen-bond acceptors (Lipinski definition) is 4. The van der Waals surface area contributed by atoms with Gasteiger partial charge in [0.15, 0.2) is 0 Å². The molecule has 0 saturated heterocycles. The van der Waals surface area contributed by atoms with Crippen LogP contribution in [0.4, 0.5) is 5.69 Å². The van der Waals surface area contributed by atoms with Crippen LogP contribution in [0.2, 0.25) is 0 Å². The van der Waals surface area contributed by atoms with Crippen molar-refractivity contribution in [1.29, 1.82) is 0 Å². The number of amides is 1. The maximum atomic E-state index is 12.6. The molecule has 0 spiro atoms. The fourth-order valence-corrected chi connectivity index (χ4v) is 4.03. The molecule has 3 aromatic heterocycles. The Kier molecular flexibility index (Phi) is 4.38. The van der Waals surface area contributed by atoms with Crippen LogP contribution in [0.15, 0.2) is 85.2 Å². The molecule has 29 heavy (non-hydrogen) atoms. The molecule has 0 saturated carbocycles. The average Bonchev–Trinajstić information content (AvgIpc) is 3.42. The number of thiophene rings is 1. The highest BCUT2D eigenvalue weighted by Gasteiger charge is 2.11. The highest BCUT2D eigenvalue weighted by Crippen LogP contribution is 2.28. The predicted molar refractivity (Wildman–Crippen MR) is 117 cm³/mol. The third-order valence-electron chi connectivity index (χ3n) is 4.60. The minimum atomic E-state index is -0.119. The molecule has 0 atom stereocenters. The number of hydrogen-bond donors (Lipinski definition) is 2. The van der Waals surface area contributed by atoms with E-state index in [-0.39, 0.29) is 5.91 Å². The van der Waals surface area contributed by atoms with Crippen molar-refractivity contribution in [2.75, 3.05) is 5.32 Å². The Morgan fingerprint density at radius 3 is 2.45 bits per heavy atom. The minimum Gasteiger partial charge on any atom is -0.338 e. The van der Waals surface area contributed by atoms with E-state index in [4.69, 9.17) is 0 Å². The summed E-state index contributed by atoms with van der Waals surface area (Å²) in [7, 11) is 0. The first-order valence-electron chi connectivity index (χ1n) is 9.13. The summed E-state index contributed by atoms with van der Waals surface area (Å²) < 4.78 is 0. The number of aromatic nitrogens is 3. The number of benzene rings is 2. The summed E-state index contributed by atoms with van der Waals surface area (Å²) >= 11 is 1.46. The van der Waals surface area contributed by atoms with E-state index in [0.29, 0.717) is 4.88 Å². The van der Waals surface area contributed by atoms with Crippen LogP contribution < -0.4 is 5.32 Å². The molecule has 0 aliphatic rings. The zero-order chi connectivity index (χ0) is 19.6. The third-order valence-corrected chi connectivity index (χ3v) is 5.73. The first-order valence-corrected chi connectivity index (χ1v) is 9.95. The van der Waals surface area contributed by atoms with Gasteiger partial charge in [0.2, 0.25) is 0 Å². The molecule has 2 aromatic carbocycles. The highest BCUT2D eigenvalue weighted by atomic mass is 32.1. The molecule has 140 valence electrons. The zero-order valence-corrected chi connectivity index (χ0v) is 16.1. The number of fused-ring (bicyclic) bond motifs is 1. The topological polar surface area (TPSA) is 70.7 Å². The van der Waals surface area contributed by atoms with E-state index in [9.17, 15) is 4.79 Å². The van der Waals surface area contributed by atoms with Crippen molar-refractivity contribution in [2.24, 2.45) is 0 Å². The number of H-pyrrole nitrogens is 1. The molecule has 0 aliphatic carbocycles. The van der Waals surface area contributed by atoms with Gasteiger partial charge in [-0.15, -0.1) is 11.3 Å². The number of aromatic amines is 1. The molecule has 0 unspecified atom stereocenters. The van der Waals surface area contributed by atoms with Crippen LogP contribution in [0.1, 0.15) is 9.67 Å². The first-order chi connectivity index (χ1) is 14.3. The lowest BCUT2D eigenvalue weighted by Gasteiger charge is -2.04. The van der Waals surface area contributed by atoms with Gasteiger partial charge in [-0.05, 0) is 66.2 Å². The summed E-state index contributed by atoms with van der Waals surface area (Å²) in [6.45, 7) is 0. The van der Waals surface area contributed by atoms with Gasteiger partial charge in [-0.2, -0.15) is 0 Å². The summed E-state index contributed by atoms with van der Waals surface area (Å²) in [5.74, 6) is 0.691. The molecule has 0 radical (unpaired) electrons. The van der Waals surface area contributed by atoms with Gasteiger partial charge in [0, 0.05) is 28.5 Å². The van der Waals surface area contributed by atoms with Crippen molar-refractivity contribution in [3.8, 4) is 21.8 Å². The van der Waals surface area contributed by atoms with E-state index in [1.54, 1.807) is 12.4 Å². The Labute approximate surface area is 171 Å². The second kappa shape index (κ2) is 7.33. The largest absolute Gasteiger partial charge is 0.338 e. The number of carbonyl (C=O) groups excluding carboxylic acids is 1. The summed E-state index contributed by atoms with van der Waals surface area (Å²) in [6, 6.07) is 23.3. The Balaban J connectivity index is 1.32. The molecular formula is C23H16N4OS. The van der Waals surface area contributed by atoms with Crippen molar-refractivity contribution in [3.63, 3.8) is 0 Å². The number of para-hydroxylation sites is 2. The van der Waals surface area contributed by atoms with Crippen LogP contribution in [0.25, 0.3) is 32.9 Å². The van der Waals surface area contributed by atoms with Crippen LogP contribution in [0, 0.1) is 0 Å². The van der Waals surface area contributed by atoms with Gasteiger partial charge in [0.05, 0.1) is 15.9 Å². The Bertz CT molecular complexity index is 1260. The second-order valence-corrected chi connectivity index (χ2v) is 7.62. The van der Waals surface area contributed by atoms with E-state index in [1.165, 1.54) is 11.3 Å². The molecule has 5 rings (SSSR count). The lowest BCUT2D eigenvalue weighted by atomic mass is 10.2. The van der Waals surface area contributed by atoms with E-state index < -0.39 is 0 Å². The summed E-state index contributed by atoms with van der Waals surface area (Å²) in [4.78, 5) is 26.3. The molecule has 6 heteroatoms. The van der Waals surface area contributed by atoms with Crippen LogP contribution in [0.5, 0.6) is 0 Å².